The largest absolute Gasteiger partial charge is 0.486 e. The van der Waals surface area contributed by atoms with E-state index in [1.54, 1.807) is 4.68 Å². The normalized spacial score (nSPS) is 16.2. The number of benzene rings is 1. The topological polar surface area (TPSA) is 91.2 Å². The second kappa shape index (κ2) is 7.52. The Bertz CT molecular complexity index is 706. The van der Waals surface area contributed by atoms with Crippen LogP contribution in [-0.2, 0) is 4.79 Å². The number of hydrogen-bond donors (Lipinski definition) is 1. The number of carbonyl (C=O) groups excluding carboxylic acids is 1. The third kappa shape index (κ3) is 3.97. The van der Waals surface area contributed by atoms with Crippen LogP contribution >= 0.6 is 11.8 Å². The van der Waals surface area contributed by atoms with Crippen LogP contribution in [0.25, 0.3) is 0 Å². The van der Waals surface area contributed by atoms with Gasteiger partial charge in [-0.3, -0.25) is 4.79 Å². The van der Waals surface area contributed by atoms with Crippen LogP contribution in [0.15, 0.2) is 29.4 Å². The van der Waals surface area contributed by atoms with E-state index in [1.165, 1.54) is 11.8 Å². The summed E-state index contributed by atoms with van der Waals surface area (Å²) < 4.78 is 13.1. The summed E-state index contributed by atoms with van der Waals surface area (Å²) in [6, 6.07) is 7.65. The molecule has 0 bridgehead atoms. The van der Waals surface area contributed by atoms with Crippen LogP contribution in [0.5, 0.6) is 11.5 Å². The molecule has 0 saturated carbocycles. The molecule has 128 valence electrons. The van der Waals surface area contributed by atoms with Gasteiger partial charge in [0.05, 0.1) is 18.3 Å². The third-order valence-electron chi connectivity index (χ3n) is 3.38. The highest BCUT2D eigenvalue weighted by molar-refractivity contribution is 7.99. The lowest BCUT2D eigenvalue weighted by molar-refractivity contribution is -0.119. The van der Waals surface area contributed by atoms with Crippen molar-refractivity contribution in [2.24, 2.45) is 0 Å². The molecule has 0 aliphatic carbocycles. The van der Waals surface area contributed by atoms with Gasteiger partial charge in [-0.2, -0.15) is 0 Å². The summed E-state index contributed by atoms with van der Waals surface area (Å²) in [4.78, 5) is 12.0. The minimum absolute atomic E-state index is 0.0965. The fourth-order valence-corrected chi connectivity index (χ4v) is 3.01. The number of tetrazole rings is 1. The van der Waals surface area contributed by atoms with Crippen LogP contribution in [-0.4, -0.2) is 51.1 Å². The van der Waals surface area contributed by atoms with Crippen molar-refractivity contribution >= 4 is 17.7 Å². The average Bonchev–Trinajstić information content (AvgIpc) is 3.07. The van der Waals surface area contributed by atoms with E-state index in [9.17, 15) is 4.79 Å². The maximum Gasteiger partial charge on any atom is 0.230 e. The fraction of sp³-hybridized carbons (Fsp3) is 0.467. The van der Waals surface area contributed by atoms with Crippen LogP contribution in [0.1, 0.15) is 19.9 Å². The van der Waals surface area contributed by atoms with Crippen molar-refractivity contribution in [2.45, 2.75) is 31.1 Å². The van der Waals surface area contributed by atoms with E-state index in [0.717, 1.165) is 5.75 Å². The van der Waals surface area contributed by atoms with Crippen LogP contribution in [0, 0.1) is 0 Å². The summed E-state index contributed by atoms with van der Waals surface area (Å²) in [7, 11) is 0. The third-order valence-corrected chi connectivity index (χ3v) is 4.31. The Morgan fingerprint density at radius 1 is 1.42 bits per heavy atom. The number of nitrogens with zero attached hydrogens (tertiary/aromatic N) is 4. The van der Waals surface area contributed by atoms with Gasteiger partial charge in [0.15, 0.2) is 11.5 Å². The molecule has 0 fully saturated rings. The van der Waals surface area contributed by atoms with Crippen molar-refractivity contribution in [2.75, 3.05) is 18.9 Å². The fourth-order valence-electron chi connectivity index (χ4n) is 2.18. The number of hydrogen-bond acceptors (Lipinski definition) is 7. The Kier molecular flexibility index (Phi) is 5.19. The van der Waals surface area contributed by atoms with Gasteiger partial charge < -0.3 is 14.8 Å². The van der Waals surface area contributed by atoms with Crippen LogP contribution in [0.4, 0.5) is 0 Å². The molecule has 24 heavy (non-hydrogen) atoms. The molecule has 2 aromatic rings. The van der Waals surface area contributed by atoms with Crippen molar-refractivity contribution < 1.29 is 14.3 Å². The highest BCUT2D eigenvalue weighted by atomic mass is 32.2. The van der Waals surface area contributed by atoms with Gasteiger partial charge in [-0.25, -0.2) is 4.68 Å². The number of thioether (sulfide) groups is 1. The van der Waals surface area contributed by atoms with Gasteiger partial charge in [0.2, 0.25) is 11.1 Å². The molecule has 3 rings (SSSR count). The number of para-hydroxylation sites is 2. The lowest BCUT2D eigenvalue weighted by Crippen LogP contribution is -2.41. The molecule has 1 aliphatic heterocycles. The Morgan fingerprint density at radius 2 is 2.21 bits per heavy atom. The van der Waals surface area contributed by atoms with E-state index < -0.39 is 0 Å². The summed E-state index contributed by atoms with van der Waals surface area (Å²) >= 11 is 1.31. The van der Waals surface area contributed by atoms with Crippen molar-refractivity contribution in [1.29, 1.82) is 0 Å². The molecule has 1 atom stereocenters. The standard InChI is InChI=1S/C15H19N5O3S/c1-10(2)20-15(17-18-19-20)24-9-14(21)16-7-11-8-22-12-5-3-4-6-13(12)23-11/h3-6,10-11H,7-9H2,1-2H3,(H,16,21)/t11-/m1/s1. The lowest BCUT2D eigenvalue weighted by Gasteiger charge is -2.26. The Morgan fingerprint density at radius 3 is 3.00 bits per heavy atom. The quantitative estimate of drug-likeness (QED) is 0.786. The SMILES string of the molecule is CC(C)n1nnnc1SCC(=O)NC[C@@H]1COc2ccccc2O1. The zero-order chi connectivity index (χ0) is 16.9. The molecule has 1 aromatic heterocycles. The van der Waals surface area contributed by atoms with E-state index >= 15 is 0 Å². The van der Waals surface area contributed by atoms with Gasteiger partial charge in [-0.05, 0) is 36.4 Å². The molecule has 1 aromatic carbocycles. The molecule has 0 radical (unpaired) electrons. The van der Waals surface area contributed by atoms with Gasteiger partial charge >= 0.3 is 0 Å². The minimum Gasteiger partial charge on any atom is -0.486 e. The van der Waals surface area contributed by atoms with Crippen LogP contribution < -0.4 is 14.8 Å². The van der Waals surface area contributed by atoms with Gasteiger partial charge in [-0.15, -0.1) is 5.10 Å². The van der Waals surface area contributed by atoms with Gasteiger partial charge in [-0.1, -0.05) is 23.9 Å². The maximum absolute atomic E-state index is 12.0. The zero-order valence-electron chi connectivity index (χ0n) is 13.5. The lowest BCUT2D eigenvalue weighted by atomic mass is 10.2. The second-order valence-corrected chi connectivity index (χ2v) is 6.53. The van der Waals surface area contributed by atoms with Gasteiger partial charge in [0.25, 0.3) is 0 Å². The summed E-state index contributed by atoms with van der Waals surface area (Å²) in [6.07, 6.45) is -0.199. The first kappa shape index (κ1) is 16.6. The summed E-state index contributed by atoms with van der Waals surface area (Å²) in [5.74, 6) is 1.59. The molecular weight excluding hydrogens is 330 g/mol. The number of aromatic nitrogens is 4. The molecule has 2 heterocycles. The van der Waals surface area contributed by atoms with E-state index in [4.69, 9.17) is 9.47 Å². The molecule has 0 spiro atoms. The highest BCUT2D eigenvalue weighted by Crippen LogP contribution is 2.30. The number of carbonyl (C=O) groups is 1. The monoisotopic (exact) mass is 349 g/mol. The highest BCUT2D eigenvalue weighted by Gasteiger charge is 2.21. The predicted octanol–water partition coefficient (Wildman–Crippen LogP) is 1.30. The van der Waals surface area contributed by atoms with E-state index in [-0.39, 0.29) is 23.8 Å². The molecule has 0 saturated heterocycles. The Balaban J connectivity index is 1.44. The maximum atomic E-state index is 12.0. The van der Waals surface area contributed by atoms with E-state index in [1.807, 2.05) is 38.1 Å². The molecule has 1 amide bonds. The Hall–Kier alpha value is -2.29. The number of fused-ring (bicyclic) bond motifs is 1. The van der Waals surface area contributed by atoms with E-state index in [2.05, 4.69) is 20.8 Å². The second-order valence-electron chi connectivity index (χ2n) is 5.59. The molecular formula is C15H19N5O3S. The van der Waals surface area contributed by atoms with Crippen molar-refractivity contribution in [1.82, 2.24) is 25.5 Å². The molecule has 8 nitrogen and oxygen atoms in total. The van der Waals surface area contributed by atoms with Crippen molar-refractivity contribution in [3.05, 3.63) is 24.3 Å². The molecule has 9 heteroatoms. The van der Waals surface area contributed by atoms with Crippen LogP contribution in [0.2, 0.25) is 0 Å². The first-order chi connectivity index (χ1) is 11.6. The smallest absolute Gasteiger partial charge is 0.230 e. The number of nitrogens with one attached hydrogen (secondary N) is 1. The van der Waals surface area contributed by atoms with Crippen LogP contribution in [0.3, 0.4) is 0 Å². The molecule has 0 unspecified atom stereocenters. The van der Waals surface area contributed by atoms with Crippen molar-refractivity contribution in [3.63, 3.8) is 0 Å². The Labute approximate surface area is 143 Å². The van der Waals surface area contributed by atoms with Gasteiger partial charge in [0, 0.05) is 0 Å². The van der Waals surface area contributed by atoms with E-state index in [0.29, 0.717) is 24.1 Å². The summed E-state index contributed by atoms with van der Waals surface area (Å²) in [5.41, 5.74) is 0. The predicted molar refractivity (Wildman–Crippen MR) is 88.3 cm³/mol. The summed E-state index contributed by atoms with van der Waals surface area (Å²) in [5, 5.41) is 14.9. The van der Waals surface area contributed by atoms with Gasteiger partial charge in [0.1, 0.15) is 12.7 Å². The first-order valence-corrected chi connectivity index (χ1v) is 8.68. The number of rotatable bonds is 6. The van der Waals surface area contributed by atoms with Crippen molar-refractivity contribution in [3.8, 4) is 11.5 Å². The molecule has 1 N–H and O–H groups in total. The number of amides is 1. The number of ether oxygens (including phenoxy) is 2. The summed E-state index contributed by atoms with van der Waals surface area (Å²) in [6.45, 7) is 4.77. The average molecular weight is 349 g/mol. The molecule has 1 aliphatic rings. The minimum atomic E-state index is -0.199. The first-order valence-electron chi connectivity index (χ1n) is 7.69. The zero-order valence-corrected chi connectivity index (χ0v) is 14.3.